The van der Waals surface area contributed by atoms with E-state index in [-0.39, 0.29) is 12.4 Å². The van der Waals surface area contributed by atoms with Crippen molar-refractivity contribution in [2.24, 2.45) is 0 Å². The van der Waals surface area contributed by atoms with Crippen molar-refractivity contribution in [2.45, 2.75) is 26.9 Å². The molecule has 1 atom stereocenters. The lowest BCUT2D eigenvalue weighted by Gasteiger charge is -2.36. The number of hydrogen-bond acceptors (Lipinski definition) is 5. The summed E-state index contributed by atoms with van der Waals surface area (Å²) in [5.74, 6) is 1.93. The van der Waals surface area contributed by atoms with Gasteiger partial charge in [-0.1, -0.05) is 23.8 Å². The van der Waals surface area contributed by atoms with Crippen molar-refractivity contribution in [2.75, 3.05) is 44.2 Å². The number of halogens is 1. The molecule has 0 bridgehead atoms. The Morgan fingerprint density at radius 3 is 2.33 bits per heavy atom. The smallest absolute Gasteiger partial charge is 0.128 e. The zero-order chi connectivity index (χ0) is 18.5. The molecule has 0 saturated carbocycles. The third-order valence-corrected chi connectivity index (χ3v) is 4.84. The molecule has 27 heavy (non-hydrogen) atoms. The molecule has 1 aromatic carbocycles. The number of β-amino-alcohol motifs (C(OH)–C–C–N with tert-alkyl or cyclic N) is 1. The molecule has 3 rings (SSSR count). The van der Waals surface area contributed by atoms with Gasteiger partial charge in [0.25, 0.3) is 0 Å². The average molecular weight is 392 g/mol. The van der Waals surface area contributed by atoms with Crippen molar-refractivity contribution in [1.82, 2.24) is 9.88 Å². The van der Waals surface area contributed by atoms with Gasteiger partial charge >= 0.3 is 0 Å². The zero-order valence-electron chi connectivity index (χ0n) is 16.4. The number of pyridine rings is 1. The summed E-state index contributed by atoms with van der Waals surface area (Å²) in [4.78, 5) is 9.00. The Morgan fingerprint density at radius 1 is 1.07 bits per heavy atom. The monoisotopic (exact) mass is 391 g/mol. The fraction of sp³-hybridized carbons (Fsp3) is 0.476. The molecule has 1 aliphatic rings. The second-order valence-corrected chi connectivity index (χ2v) is 7.17. The Bertz CT molecular complexity index is 696. The van der Waals surface area contributed by atoms with Crippen LogP contribution in [0.2, 0.25) is 0 Å². The normalized spacial score (nSPS) is 15.9. The molecular weight excluding hydrogens is 362 g/mol. The van der Waals surface area contributed by atoms with Crippen molar-refractivity contribution >= 4 is 18.2 Å². The maximum Gasteiger partial charge on any atom is 0.128 e. The summed E-state index contributed by atoms with van der Waals surface area (Å²) in [5.41, 5.74) is 3.48. The van der Waals surface area contributed by atoms with E-state index in [0.717, 1.165) is 48.9 Å². The average Bonchev–Trinajstić information content (AvgIpc) is 2.62. The fourth-order valence-corrected chi connectivity index (χ4v) is 3.63. The number of piperazine rings is 1. The quantitative estimate of drug-likeness (QED) is 0.820. The van der Waals surface area contributed by atoms with Crippen LogP contribution in [-0.4, -0.2) is 60.4 Å². The van der Waals surface area contributed by atoms with Gasteiger partial charge in [-0.3, -0.25) is 4.90 Å². The van der Waals surface area contributed by atoms with Crippen LogP contribution in [-0.2, 0) is 0 Å². The van der Waals surface area contributed by atoms with Gasteiger partial charge in [-0.15, -0.1) is 12.4 Å². The first kappa shape index (κ1) is 21.5. The predicted molar refractivity (Wildman–Crippen MR) is 112 cm³/mol. The number of anilines is 1. The highest BCUT2D eigenvalue weighted by molar-refractivity contribution is 5.85. The molecule has 0 aliphatic carbocycles. The molecule has 1 aromatic heterocycles. The summed E-state index contributed by atoms with van der Waals surface area (Å²) < 4.78 is 5.92. The van der Waals surface area contributed by atoms with E-state index in [4.69, 9.17) is 4.74 Å². The van der Waals surface area contributed by atoms with Gasteiger partial charge < -0.3 is 14.7 Å². The lowest BCUT2D eigenvalue weighted by Crippen LogP contribution is -2.49. The van der Waals surface area contributed by atoms with Crippen LogP contribution in [0.1, 0.15) is 16.7 Å². The zero-order valence-corrected chi connectivity index (χ0v) is 17.2. The van der Waals surface area contributed by atoms with Crippen LogP contribution in [0.5, 0.6) is 5.75 Å². The highest BCUT2D eigenvalue weighted by atomic mass is 35.5. The number of aliphatic hydroxyl groups is 1. The van der Waals surface area contributed by atoms with E-state index in [2.05, 4.69) is 47.7 Å². The Kier molecular flexibility index (Phi) is 7.90. The number of rotatable bonds is 6. The van der Waals surface area contributed by atoms with Crippen LogP contribution in [0, 0.1) is 20.8 Å². The van der Waals surface area contributed by atoms with Crippen molar-refractivity contribution in [3.05, 3.63) is 53.2 Å². The van der Waals surface area contributed by atoms with Crippen LogP contribution in [0.3, 0.4) is 0 Å². The standard InChI is InChI=1S/C21H29N3O2.ClH/c1-16-12-17(2)21(18(3)13-16)26-15-19(25)14-23-8-10-24(11-9-23)20-6-4-5-7-22-20;/h4-7,12-13,19,25H,8-11,14-15H2,1-3H3;1H. The first-order chi connectivity index (χ1) is 12.5. The van der Waals surface area contributed by atoms with E-state index < -0.39 is 6.10 Å². The van der Waals surface area contributed by atoms with Gasteiger partial charge in [0.05, 0.1) is 0 Å². The third-order valence-electron chi connectivity index (χ3n) is 4.84. The van der Waals surface area contributed by atoms with E-state index >= 15 is 0 Å². The maximum absolute atomic E-state index is 10.4. The van der Waals surface area contributed by atoms with Crippen molar-refractivity contribution in [3.63, 3.8) is 0 Å². The first-order valence-corrected chi connectivity index (χ1v) is 9.30. The Balaban J connectivity index is 0.00000261. The number of benzene rings is 1. The van der Waals surface area contributed by atoms with E-state index in [9.17, 15) is 5.11 Å². The minimum absolute atomic E-state index is 0. The van der Waals surface area contributed by atoms with Crippen molar-refractivity contribution in [1.29, 1.82) is 0 Å². The van der Waals surface area contributed by atoms with Crippen LogP contribution in [0.25, 0.3) is 0 Å². The fourth-order valence-electron chi connectivity index (χ4n) is 3.63. The molecule has 2 heterocycles. The molecule has 148 valence electrons. The summed E-state index contributed by atoms with van der Waals surface area (Å²) in [5, 5.41) is 10.4. The molecule has 1 fully saturated rings. The van der Waals surface area contributed by atoms with E-state index in [1.165, 1.54) is 5.56 Å². The molecule has 0 amide bonds. The lowest BCUT2D eigenvalue weighted by atomic mass is 10.1. The number of aryl methyl sites for hydroxylation is 3. The molecule has 1 aliphatic heterocycles. The summed E-state index contributed by atoms with van der Waals surface area (Å²) in [7, 11) is 0. The minimum Gasteiger partial charge on any atom is -0.490 e. The van der Waals surface area contributed by atoms with Crippen LogP contribution < -0.4 is 9.64 Å². The molecule has 0 radical (unpaired) electrons. The topological polar surface area (TPSA) is 48.8 Å². The predicted octanol–water partition coefficient (Wildman–Crippen LogP) is 2.99. The Morgan fingerprint density at radius 2 is 1.74 bits per heavy atom. The van der Waals surface area contributed by atoms with E-state index in [0.29, 0.717) is 13.2 Å². The number of nitrogens with zero attached hydrogens (tertiary/aromatic N) is 3. The Labute approximate surface area is 168 Å². The number of aliphatic hydroxyl groups excluding tert-OH is 1. The molecule has 0 spiro atoms. The second-order valence-electron chi connectivity index (χ2n) is 7.17. The van der Waals surface area contributed by atoms with Gasteiger partial charge in [0.2, 0.25) is 0 Å². The number of hydrogen-bond donors (Lipinski definition) is 1. The largest absolute Gasteiger partial charge is 0.490 e. The van der Waals surface area contributed by atoms with Crippen LogP contribution >= 0.6 is 12.4 Å². The second kappa shape index (κ2) is 9.93. The Hall–Kier alpha value is -1.82. The minimum atomic E-state index is -0.489. The third kappa shape index (κ3) is 5.83. The highest BCUT2D eigenvalue weighted by Gasteiger charge is 2.20. The van der Waals surface area contributed by atoms with Crippen molar-refractivity contribution in [3.8, 4) is 5.75 Å². The maximum atomic E-state index is 10.4. The molecule has 1 unspecified atom stereocenters. The first-order valence-electron chi connectivity index (χ1n) is 9.30. The van der Waals surface area contributed by atoms with Crippen LogP contribution in [0.15, 0.2) is 36.5 Å². The SMILES string of the molecule is Cc1cc(C)c(OCC(O)CN2CCN(c3ccccn3)CC2)c(C)c1.Cl. The summed E-state index contributed by atoms with van der Waals surface area (Å²) in [6, 6.07) is 10.2. The van der Waals surface area contributed by atoms with Gasteiger partial charge in [0, 0.05) is 38.9 Å². The summed E-state index contributed by atoms with van der Waals surface area (Å²) >= 11 is 0. The molecular formula is C21H30ClN3O2. The van der Waals surface area contributed by atoms with Crippen LogP contribution in [0.4, 0.5) is 5.82 Å². The van der Waals surface area contributed by atoms with E-state index in [1.54, 1.807) is 0 Å². The highest BCUT2D eigenvalue weighted by Crippen LogP contribution is 2.24. The van der Waals surface area contributed by atoms with Crippen molar-refractivity contribution < 1.29 is 9.84 Å². The molecule has 2 aromatic rings. The van der Waals surface area contributed by atoms with Gasteiger partial charge in [-0.25, -0.2) is 4.98 Å². The number of aromatic nitrogens is 1. The number of ether oxygens (including phenoxy) is 1. The molecule has 5 nitrogen and oxygen atoms in total. The molecule has 1 N–H and O–H groups in total. The molecule has 6 heteroatoms. The lowest BCUT2D eigenvalue weighted by molar-refractivity contribution is 0.0658. The van der Waals surface area contributed by atoms with Gasteiger partial charge in [0.1, 0.15) is 24.3 Å². The van der Waals surface area contributed by atoms with Gasteiger partial charge in [0.15, 0.2) is 0 Å². The van der Waals surface area contributed by atoms with E-state index in [1.807, 2.05) is 24.4 Å². The summed E-state index contributed by atoms with van der Waals surface area (Å²) in [6.45, 7) is 10.9. The molecule has 1 saturated heterocycles. The van der Waals surface area contributed by atoms with Gasteiger partial charge in [-0.2, -0.15) is 0 Å². The summed E-state index contributed by atoms with van der Waals surface area (Å²) in [6.07, 6.45) is 1.34. The van der Waals surface area contributed by atoms with Gasteiger partial charge in [-0.05, 0) is 44.0 Å².